The molecule has 2 heterocycles. The molecule has 2 aliphatic rings. The zero-order valence-corrected chi connectivity index (χ0v) is 16.6. The predicted molar refractivity (Wildman–Crippen MR) is 109 cm³/mol. The highest BCUT2D eigenvalue weighted by molar-refractivity contribution is 7.99. The number of benzene rings is 1. The van der Waals surface area contributed by atoms with Gasteiger partial charge in [-0.2, -0.15) is 11.8 Å². The van der Waals surface area contributed by atoms with Crippen LogP contribution in [0.1, 0.15) is 36.0 Å². The number of carbonyl (C=O) groups is 2. The second-order valence-corrected chi connectivity index (χ2v) is 7.89. The fourth-order valence-electron chi connectivity index (χ4n) is 3.52. The van der Waals surface area contributed by atoms with Gasteiger partial charge in [-0.3, -0.25) is 9.59 Å². The van der Waals surface area contributed by atoms with Gasteiger partial charge in [-0.1, -0.05) is 18.2 Å². The van der Waals surface area contributed by atoms with Crippen molar-refractivity contribution in [2.24, 2.45) is 0 Å². The highest BCUT2D eigenvalue weighted by Gasteiger charge is 2.29. The number of hydrogen-bond acceptors (Lipinski definition) is 4. The van der Waals surface area contributed by atoms with E-state index in [1.165, 1.54) is 0 Å². The van der Waals surface area contributed by atoms with E-state index < -0.39 is 0 Å². The third-order valence-electron chi connectivity index (χ3n) is 4.90. The number of halogens is 1. The van der Waals surface area contributed by atoms with Crippen molar-refractivity contribution in [3.8, 4) is 0 Å². The molecule has 1 aromatic rings. The molecule has 0 aromatic heterocycles. The molecule has 2 amide bonds. The lowest BCUT2D eigenvalue weighted by molar-refractivity contribution is -0.135. The van der Waals surface area contributed by atoms with Crippen LogP contribution in [0.3, 0.4) is 0 Å². The highest BCUT2D eigenvalue weighted by atomic mass is 35.5. The maximum atomic E-state index is 12.8. The standard InChI is InChI=1S/C19H27N3O2S.ClH/c23-18(12-16-14-25-11-9-20-16)22-10-5-4-8-17(22)13-21-19(24)15-6-2-1-3-7-15;/h1-3,6-7,16-17,20H,4-5,8-14H2,(H,21,24);1H. The number of amides is 2. The Morgan fingerprint density at radius 2 is 2.04 bits per heavy atom. The Balaban J connectivity index is 0.00000243. The fourth-order valence-corrected chi connectivity index (χ4v) is 4.47. The van der Waals surface area contributed by atoms with Crippen molar-refractivity contribution < 1.29 is 9.59 Å². The Kier molecular flexibility index (Phi) is 8.75. The topological polar surface area (TPSA) is 61.4 Å². The summed E-state index contributed by atoms with van der Waals surface area (Å²) in [6.07, 6.45) is 3.71. The summed E-state index contributed by atoms with van der Waals surface area (Å²) in [7, 11) is 0. The fraction of sp³-hybridized carbons (Fsp3) is 0.579. The van der Waals surface area contributed by atoms with Gasteiger partial charge in [0, 0.05) is 55.2 Å². The molecular formula is C19H28ClN3O2S. The molecule has 0 bridgehead atoms. The molecule has 2 aliphatic heterocycles. The Labute approximate surface area is 166 Å². The molecule has 2 saturated heterocycles. The second-order valence-electron chi connectivity index (χ2n) is 6.74. The van der Waals surface area contributed by atoms with Crippen molar-refractivity contribution in [3.05, 3.63) is 35.9 Å². The molecular weight excluding hydrogens is 370 g/mol. The maximum Gasteiger partial charge on any atom is 0.251 e. The molecule has 26 heavy (non-hydrogen) atoms. The van der Waals surface area contributed by atoms with Crippen LogP contribution in [0, 0.1) is 0 Å². The number of hydrogen-bond donors (Lipinski definition) is 2. The van der Waals surface area contributed by atoms with Gasteiger partial charge in [0.25, 0.3) is 5.91 Å². The van der Waals surface area contributed by atoms with E-state index >= 15 is 0 Å². The van der Waals surface area contributed by atoms with E-state index in [1.807, 2.05) is 47.0 Å². The van der Waals surface area contributed by atoms with Crippen molar-refractivity contribution in [2.75, 3.05) is 31.1 Å². The SMILES string of the molecule is Cl.O=C(NCC1CCCCN1C(=O)CC1CSCCN1)c1ccccc1. The highest BCUT2D eigenvalue weighted by Crippen LogP contribution is 2.19. The Morgan fingerprint density at radius 1 is 1.23 bits per heavy atom. The lowest BCUT2D eigenvalue weighted by atomic mass is 10.0. The molecule has 0 radical (unpaired) electrons. The lowest BCUT2D eigenvalue weighted by Gasteiger charge is -2.37. The number of rotatable bonds is 5. The summed E-state index contributed by atoms with van der Waals surface area (Å²) >= 11 is 1.91. The van der Waals surface area contributed by atoms with Gasteiger partial charge in [-0.15, -0.1) is 12.4 Å². The van der Waals surface area contributed by atoms with E-state index in [4.69, 9.17) is 0 Å². The smallest absolute Gasteiger partial charge is 0.251 e. The molecule has 2 unspecified atom stereocenters. The van der Waals surface area contributed by atoms with E-state index in [9.17, 15) is 9.59 Å². The van der Waals surface area contributed by atoms with Crippen molar-refractivity contribution in [2.45, 2.75) is 37.8 Å². The quantitative estimate of drug-likeness (QED) is 0.800. The average Bonchev–Trinajstić information content (AvgIpc) is 2.68. The molecule has 144 valence electrons. The molecule has 5 nitrogen and oxygen atoms in total. The van der Waals surface area contributed by atoms with Crippen molar-refractivity contribution in [1.29, 1.82) is 0 Å². The molecule has 0 aliphatic carbocycles. The Hall–Kier alpha value is -1.24. The number of thioether (sulfide) groups is 1. The monoisotopic (exact) mass is 397 g/mol. The maximum absolute atomic E-state index is 12.8. The van der Waals surface area contributed by atoms with Crippen LogP contribution in [-0.4, -0.2) is 59.9 Å². The zero-order chi connectivity index (χ0) is 17.5. The van der Waals surface area contributed by atoms with Crippen LogP contribution in [0.15, 0.2) is 30.3 Å². The Bertz CT molecular complexity index is 581. The molecule has 2 N–H and O–H groups in total. The second kappa shape index (κ2) is 10.8. The van der Waals surface area contributed by atoms with Crippen LogP contribution in [-0.2, 0) is 4.79 Å². The summed E-state index contributed by atoms with van der Waals surface area (Å²) in [5, 5.41) is 6.44. The summed E-state index contributed by atoms with van der Waals surface area (Å²) in [6, 6.07) is 9.64. The summed E-state index contributed by atoms with van der Waals surface area (Å²) in [6.45, 7) is 2.33. The molecule has 2 atom stereocenters. The minimum Gasteiger partial charge on any atom is -0.350 e. The average molecular weight is 398 g/mol. The van der Waals surface area contributed by atoms with Crippen LogP contribution in [0.5, 0.6) is 0 Å². The molecule has 2 fully saturated rings. The van der Waals surface area contributed by atoms with Gasteiger partial charge >= 0.3 is 0 Å². The molecule has 3 rings (SSSR count). The minimum absolute atomic E-state index is 0. The summed E-state index contributed by atoms with van der Waals surface area (Å²) in [5.74, 6) is 2.29. The largest absolute Gasteiger partial charge is 0.350 e. The molecule has 0 spiro atoms. The molecule has 0 saturated carbocycles. The van der Waals surface area contributed by atoms with Crippen molar-refractivity contribution in [1.82, 2.24) is 15.5 Å². The number of carbonyl (C=O) groups excluding carboxylic acids is 2. The van der Waals surface area contributed by atoms with E-state index in [0.717, 1.165) is 43.9 Å². The summed E-state index contributed by atoms with van der Waals surface area (Å²) < 4.78 is 0. The molecule has 1 aromatic carbocycles. The van der Waals surface area contributed by atoms with Gasteiger partial charge in [-0.25, -0.2) is 0 Å². The number of nitrogens with zero attached hydrogens (tertiary/aromatic N) is 1. The first-order valence-electron chi connectivity index (χ1n) is 9.18. The first kappa shape index (κ1) is 21.1. The van der Waals surface area contributed by atoms with Crippen LogP contribution in [0.25, 0.3) is 0 Å². The first-order valence-corrected chi connectivity index (χ1v) is 10.3. The molecule has 7 heteroatoms. The summed E-state index contributed by atoms with van der Waals surface area (Å²) in [4.78, 5) is 27.0. The van der Waals surface area contributed by atoms with Gasteiger partial charge in [0.15, 0.2) is 0 Å². The normalized spacial score (nSPS) is 23.0. The van der Waals surface area contributed by atoms with Crippen LogP contribution >= 0.6 is 24.2 Å². The van der Waals surface area contributed by atoms with Crippen LogP contribution in [0.4, 0.5) is 0 Å². The van der Waals surface area contributed by atoms with E-state index in [-0.39, 0.29) is 36.3 Å². The van der Waals surface area contributed by atoms with Gasteiger partial charge in [0.2, 0.25) is 5.91 Å². The van der Waals surface area contributed by atoms with Crippen LogP contribution in [0.2, 0.25) is 0 Å². The van der Waals surface area contributed by atoms with Gasteiger partial charge in [-0.05, 0) is 31.4 Å². The van der Waals surface area contributed by atoms with E-state index in [2.05, 4.69) is 10.6 Å². The summed E-state index contributed by atoms with van der Waals surface area (Å²) in [5.41, 5.74) is 0.666. The van der Waals surface area contributed by atoms with E-state index in [1.54, 1.807) is 0 Å². The van der Waals surface area contributed by atoms with Gasteiger partial charge < -0.3 is 15.5 Å². The predicted octanol–water partition coefficient (Wildman–Crippen LogP) is 2.31. The van der Waals surface area contributed by atoms with Crippen molar-refractivity contribution in [3.63, 3.8) is 0 Å². The number of piperidine rings is 1. The lowest BCUT2D eigenvalue weighted by Crippen LogP contribution is -2.51. The van der Waals surface area contributed by atoms with Crippen LogP contribution < -0.4 is 10.6 Å². The zero-order valence-electron chi connectivity index (χ0n) is 15.0. The van der Waals surface area contributed by atoms with Gasteiger partial charge in [0.05, 0.1) is 0 Å². The van der Waals surface area contributed by atoms with Gasteiger partial charge in [0.1, 0.15) is 0 Å². The van der Waals surface area contributed by atoms with Crippen molar-refractivity contribution >= 4 is 36.0 Å². The minimum atomic E-state index is -0.0658. The third-order valence-corrected chi connectivity index (χ3v) is 6.03. The number of likely N-dealkylation sites (tertiary alicyclic amines) is 1. The number of nitrogens with one attached hydrogen (secondary N) is 2. The Morgan fingerprint density at radius 3 is 2.77 bits per heavy atom. The third kappa shape index (κ3) is 5.89. The first-order chi connectivity index (χ1) is 12.2. The van der Waals surface area contributed by atoms with E-state index in [0.29, 0.717) is 18.5 Å².